The van der Waals surface area contributed by atoms with Gasteiger partial charge in [-0.3, -0.25) is 0 Å². The van der Waals surface area contributed by atoms with Gasteiger partial charge in [0.1, 0.15) is 6.61 Å². The summed E-state index contributed by atoms with van der Waals surface area (Å²) in [4.78, 5) is 0. The third-order valence-corrected chi connectivity index (χ3v) is 3.15. The summed E-state index contributed by atoms with van der Waals surface area (Å²) in [5.41, 5.74) is 3.33. The normalized spacial score (nSPS) is 10.2. The van der Waals surface area contributed by atoms with E-state index in [2.05, 4.69) is 24.3 Å². The van der Waals surface area contributed by atoms with E-state index in [4.69, 9.17) is 14.2 Å². The van der Waals surface area contributed by atoms with Crippen LogP contribution in [0.1, 0.15) is 11.1 Å². The standard InChI is InChI=1S/C19H22O3/c1-20-12-13-21-14-15-22-16-19(17-8-4-2-5-9-17)18-10-6-3-7-11-18/h2-11,16H,12-15H2,1H3. The molecule has 0 fully saturated rings. The van der Waals surface area contributed by atoms with Crippen molar-refractivity contribution in [1.82, 2.24) is 0 Å². The van der Waals surface area contributed by atoms with Crippen molar-refractivity contribution in [3.8, 4) is 0 Å². The average molecular weight is 298 g/mol. The Kier molecular flexibility index (Phi) is 7.22. The SMILES string of the molecule is COCCOCCOC=C(c1ccccc1)c1ccccc1. The fourth-order valence-corrected chi connectivity index (χ4v) is 2.03. The Hall–Kier alpha value is -2.10. The van der Waals surface area contributed by atoms with Crippen molar-refractivity contribution in [2.45, 2.75) is 0 Å². The third-order valence-electron chi connectivity index (χ3n) is 3.15. The molecule has 2 aromatic rings. The molecule has 116 valence electrons. The lowest BCUT2D eigenvalue weighted by atomic mass is 9.99. The number of hydrogen-bond donors (Lipinski definition) is 0. The van der Waals surface area contributed by atoms with Crippen molar-refractivity contribution in [2.24, 2.45) is 0 Å². The summed E-state index contributed by atoms with van der Waals surface area (Å²) >= 11 is 0. The smallest absolute Gasteiger partial charge is 0.111 e. The van der Waals surface area contributed by atoms with Crippen LogP contribution in [-0.2, 0) is 14.2 Å². The third kappa shape index (κ3) is 5.35. The number of rotatable bonds is 9. The Morgan fingerprint density at radius 2 is 1.32 bits per heavy atom. The second-order valence-corrected chi connectivity index (χ2v) is 4.74. The monoisotopic (exact) mass is 298 g/mol. The second-order valence-electron chi connectivity index (χ2n) is 4.74. The summed E-state index contributed by atoms with van der Waals surface area (Å²) in [6, 6.07) is 20.5. The van der Waals surface area contributed by atoms with E-state index in [1.165, 1.54) is 0 Å². The number of ether oxygens (including phenoxy) is 3. The summed E-state index contributed by atoms with van der Waals surface area (Å²) in [5, 5.41) is 0. The van der Waals surface area contributed by atoms with Crippen LogP contribution in [0.4, 0.5) is 0 Å². The Morgan fingerprint density at radius 1 is 0.773 bits per heavy atom. The molecule has 0 aromatic heterocycles. The van der Waals surface area contributed by atoms with Gasteiger partial charge in [0, 0.05) is 12.7 Å². The predicted octanol–water partition coefficient (Wildman–Crippen LogP) is 3.76. The molecule has 0 spiro atoms. The molecule has 0 saturated heterocycles. The van der Waals surface area contributed by atoms with Gasteiger partial charge in [-0.2, -0.15) is 0 Å². The van der Waals surface area contributed by atoms with Gasteiger partial charge in [0.15, 0.2) is 0 Å². The van der Waals surface area contributed by atoms with E-state index in [0.717, 1.165) is 16.7 Å². The van der Waals surface area contributed by atoms with Crippen molar-refractivity contribution in [3.05, 3.63) is 78.1 Å². The molecule has 0 unspecified atom stereocenters. The molecule has 0 atom stereocenters. The summed E-state index contributed by atoms with van der Waals surface area (Å²) < 4.78 is 16.0. The summed E-state index contributed by atoms with van der Waals surface area (Å²) in [6.07, 6.45) is 1.81. The van der Waals surface area contributed by atoms with E-state index in [9.17, 15) is 0 Å². The minimum atomic E-state index is 0.521. The minimum Gasteiger partial charge on any atom is -0.498 e. The summed E-state index contributed by atoms with van der Waals surface area (Å²) in [7, 11) is 1.66. The first-order valence-corrected chi connectivity index (χ1v) is 7.41. The van der Waals surface area contributed by atoms with Gasteiger partial charge in [0.2, 0.25) is 0 Å². The van der Waals surface area contributed by atoms with Crippen LogP contribution in [-0.4, -0.2) is 33.5 Å². The Balaban J connectivity index is 1.98. The van der Waals surface area contributed by atoms with Crippen LogP contribution in [0, 0.1) is 0 Å². The molecule has 0 aliphatic rings. The fraction of sp³-hybridized carbons (Fsp3) is 0.263. The zero-order valence-electron chi connectivity index (χ0n) is 12.9. The number of hydrogen-bond acceptors (Lipinski definition) is 3. The molecule has 22 heavy (non-hydrogen) atoms. The molecule has 0 heterocycles. The van der Waals surface area contributed by atoms with E-state index < -0.39 is 0 Å². The zero-order chi connectivity index (χ0) is 15.5. The molecule has 2 rings (SSSR count). The first-order chi connectivity index (χ1) is 10.9. The quantitative estimate of drug-likeness (QED) is 0.521. The molecule has 0 bridgehead atoms. The molecule has 0 saturated carbocycles. The average Bonchev–Trinajstić information content (AvgIpc) is 2.59. The van der Waals surface area contributed by atoms with Gasteiger partial charge >= 0.3 is 0 Å². The highest BCUT2D eigenvalue weighted by molar-refractivity contribution is 5.78. The van der Waals surface area contributed by atoms with Crippen LogP contribution in [0.5, 0.6) is 0 Å². The minimum absolute atomic E-state index is 0.521. The maximum atomic E-state index is 5.66. The van der Waals surface area contributed by atoms with E-state index in [0.29, 0.717) is 26.4 Å². The van der Waals surface area contributed by atoms with Gasteiger partial charge in [0.05, 0.1) is 26.1 Å². The highest BCUT2D eigenvalue weighted by Gasteiger charge is 2.04. The maximum Gasteiger partial charge on any atom is 0.111 e. The highest BCUT2D eigenvalue weighted by Crippen LogP contribution is 2.22. The molecule has 3 nitrogen and oxygen atoms in total. The largest absolute Gasteiger partial charge is 0.498 e. The molecule has 2 aromatic carbocycles. The van der Waals surface area contributed by atoms with Gasteiger partial charge in [-0.15, -0.1) is 0 Å². The lowest BCUT2D eigenvalue weighted by Gasteiger charge is -2.09. The van der Waals surface area contributed by atoms with Gasteiger partial charge < -0.3 is 14.2 Å². The van der Waals surface area contributed by atoms with E-state index in [1.807, 2.05) is 42.7 Å². The van der Waals surface area contributed by atoms with Crippen LogP contribution in [0.25, 0.3) is 5.57 Å². The van der Waals surface area contributed by atoms with Crippen molar-refractivity contribution in [1.29, 1.82) is 0 Å². The lowest BCUT2D eigenvalue weighted by Crippen LogP contribution is -2.06. The lowest BCUT2D eigenvalue weighted by molar-refractivity contribution is 0.0466. The van der Waals surface area contributed by atoms with Crippen LogP contribution in [0.2, 0.25) is 0 Å². The van der Waals surface area contributed by atoms with Crippen LogP contribution in [0.3, 0.4) is 0 Å². The van der Waals surface area contributed by atoms with Crippen LogP contribution in [0.15, 0.2) is 66.9 Å². The van der Waals surface area contributed by atoms with Crippen molar-refractivity contribution in [2.75, 3.05) is 33.5 Å². The van der Waals surface area contributed by atoms with Crippen LogP contribution < -0.4 is 0 Å². The predicted molar refractivity (Wildman–Crippen MR) is 88.6 cm³/mol. The summed E-state index contributed by atoms with van der Waals surface area (Å²) in [5.74, 6) is 0. The van der Waals surface area contributed by atoms with Gasteiger partial charge in [-0.05, 0) is 11.1 Å². The fourth-order valence-electron chi connectivity index (χ4n) is 2.03. The second kappa shape index (κ2) is 9.77. The molecule has 0 radical (unpaired) electrons. The van der Waals surface area contributed by atoms with Crippen molar-refractivity contribution in [3.63, 3.8) is 0 Å². The molecule has 0 aliphatic carbocycles. The Bertz CT molecular complexity index is 508. The number of benzene rings is 2. The topological polar surface area (TPSA) is 27.7 Å². The number of methoxy groups -OCH3 is 1. The molecule has 0 amide bonds. The summed E-state index contributed by atoms with van der Waals surface area (Å²) in [6.45, 7) is 2.27. The van der Waals surface area contributed by atoms with Gasteiger partial charge in [-0.1, -0.05) is 60.7 Å². The zero-order valence-corrected chi connectivity index (χ0v) is 12.9. The Labute approximate surface area is 132 Å². The van der Waals surface area contributed by atoms with E-state index in [-0.39, 0.29) is 0 Å². The van der Waals surface area contributed by atoms with Gasteiger partial charge in [-0.25, -0.2) is 0 Å². The van der Waals surface area contributed by atoms with E-state index in [1.54, 1.807) is 7.11 Å². The maximum absolute atomic E-state index is 5.66. The Morgan fingerprint density at radius 3 is 1.86 bits per heavy atom. The molecular weight excluding hydrogens is 276 g/mol. The van der Waals surface area contributed by atoms with Crippen LogP contribution >= 0.6 is 0 Å². The first-order valence-electron chi connectivity index (χ1n) is 7.41. The molecule has 3 heteroatoms. The van der Waals surface area contributed by atoms with Crippen molar-refractivity contribution >= 4 is 5.57 Å². The molecule has 0 aliphatic heterocycles. The highest BCUT2D eigenvalue weighted by atomic mass is 16.5. The van der Waals surface area contributed by atoms with Gasteiger partial charge in [0.25, 0.3) is 0 Å². The molecule has 0 N–H and O–H groups in total. The first kappa shape index (κ1) is 16.3. The van der Waals surface area contributed by atoms with E-state index >= 15 is 0 Å². The molecular formula is C19H22O3. The van der Waals surface area contributed by atoms with Crippen molar-refractivity contribution < 1.29 is 14.2 Å².